The number of benzene rings is 2. The second-order valence-corrected chi connectivity index (χ2v) is 12.6. The van der Waals surface area contributed by atoms with Crippen molar-refractivity contribution in [1.82, 2.24) is 9.80 Å². The summed E-state index contributed by atoms with van der Waals surface area (Å²) in [6, 6.07) is 12.4. The van der Waals surface area contributed by atoms with Gasteiger partial charge >= 0.3 is 17.9 Å². The highest BCUT2D eigenvalue weighted by Gasteiger charge is 2.29. The van der Waals surface area contributed by atoms with Gasteiger partial charge in [0, 0.05) is 44.4 Å². The summed E-state index contributed by atoms with van der Waals surface area (Å²) < 4.78 is 16.3. The summed E-state index contributed by atoms with van der Waals surface area (Å²) in [6.45, 7) is 13.6. The number of carbonyl (C=O) groups excluding carboxylic acids is 2. The molecular weight excluding hydrogens is 564 g/mol. The predicted molar refractivity (Wildman–Crippen MR) is 161 cm³/mol. The number of nitro benzene ring substituents is 1. The Labute approximate surface area is 252 Å². The molecule has 0 aromatic heterocycles. The average molecular weight is 605 g/mol. The fraction of sp³-hybridized carbons (Fsp3) is 0.533. The van der Waals surface area contributed by atoms with E-state index in [1.54, 1.807) is 37.8 Å². The smallest absolute Gasteiger partial charge is 0.411 e. The molecule has 12 heteroatoms. The summed E-state index contributed by atoms with van der Waals surface area (Å²) in [7, 11) is 1.36. The number of rotatable bonds is 8. The zero-order chi connectivity index (χ0) is 31.2. The number of halogens is 1. The number of hydrogen-bond donors (Lipinski definition) is 0. The Morgan fingerprint density at radius 2 is 1.52 bits per heavy atom. The minimum Gasteiger partial charge on any atom is -0.490 e. The van der Waals surface area contributed by atoms with Crippen LogP contribution in [-0.2, 0) is 22.4 Å². The van der Waals surface area contributed by atoms with Gasteiger partial charge in [-0.15, -0.1) is 0 Å². The van der Waals surface area contributed by atoms with Crippen molar-refractivity contribution in [1.29, 1.82) is 0 Å². The first-order valence-corrected chi connectivity index (χ1v) is 14.3. The van der Waals surface area contributed by atoms with E-state index in [4.69, 9.17) is 25.8 Å². The van der Waals surface area contributed by atoms with Crippen LogP contribution in [0, 0.1) is 10.1 Å². The zero-order valence-corrected chi connectivity index (χ0v) is 26.1. The number of methoxy groups -OCH3 is 1. The topological polar surface area (TPSA) is 115 Å². The lowest BCUT2D eigenvalue weighted by molar-refractivity contribution is -0.385. The highest BCUT2D eigenvalue weighted by molar-refractivity contribution is 6.21. The lowest BCUT2D eigenvalue weighted by Crippen LogP contribution is -2.50. The third kappa shape index (κ3) is 9.40. The molecule has 1 aliphatic heterocycles. The first kappa shape index (κ1) is 32.8. The van der Waals surface area contributed by atoms with Crippen LogP contribution in [0.15, 0.2) is 42.5 Å². The van der Waals surface area contributed by atoms with Crippen LogP contribution in [0.4, 0.5) is 21.0 Å². The molecule has 3 rings (SSSR count). The van der Waals surface area contributed by atoms with Gasteiger partial charge in [0.05, 0.1) is 18.6 Å². The minimum atomic E-state index is -0.799. The van der Waals surface area contributed by atoms with E-state index >= 15 is 0 Å². The monoisotopic (exact) mass is 604 g/mol. The molecule has 1 heterocycles. The van der Waals surface area contributed by atoms with Gasteiger partial charge in [0.25, 0.3) is 0 Å². The van der Waals surface area contributed by atoms with Crippen LogP contribution in [0.1, 0.15) is 52.7 Å². The average Bonchev–Trinajstić information content (AvgIpc) is 2.90. The Balaban J connectivity index is 1.70. The summed E-state index contributed by atoms with van der Waals surface area (Å²) in [5, 5.41) is 11.3. The van der Waals surface area contributed by atoms with Crippen LogP contribution >= 0.6 is 11.6 Å². The van der Waals surface area contributed by atoms with Gasteiger partial charge in [0.2, 0.25) is 0 Å². The standard InChI is InChI=1S/C30H41ClN4O7/c1-29(2,3)41-27(36)33-16-14-32(15-17-33)23-11-8-21(9-12-23)20-34(28(37)42-30(4,5)6)26(31)19-22-10-13-24(35(38)39)25(18-22)40-7/h8-13,18,26H,14-17,19-20H2,1-7H3. The normalized spacial score (nSPS) is 14.7. The van der Waals surface area contributed by atoms with Crippen molar-refractivity contribution >= 4 is 35.2 Å². The second-order valence-electron chi connectivity index (χ2n) is 12.1. The Bertz CT molecular complexity index is 1250. The van der Waals surface area contributed by atoms with Crippen molar-refractivity contribution < 1.29 is 28.7 Å². The number of nitro groups is 1. The van der Waals surface area contributed by atoms with Crippen LogP contribution in [0.25, 0.3) is 0 Å². The van der Waals surface area contributed by atoms with Gasteiger partial charge < -0.3 is 24.0 Å². The molecule has 0 saturated carbocycles. The Kier molecular flexibility index (Phi) is 10.5. The van der Waals surface area contributed by atoms with E-state index in [1.165, 1.54) is 18.1 Å². The van der Waals surface area contributed by atoms with E-state index in [9.17, 15) is 19.7 Å². The van der Waals surface area contributed by atoms with Gasteiger partial charge in [-0.1, -0.05) is 29.8 Å². The Morgan fingerprint density at radius 3 is 2.05 bits per heavy atom. The summed E-state index contributed by atoms with van der Waals surface area (Å²) in [5.41, 5.74) is 0.318. The quantitative estimate of drug-likeness (QED) is 0.151. The molecule has 1 saturated heterocycles. The lowest BCUT2D eigenvalue weighted by atomic mass is 10.1. The van der Waals surface area contributed by atoms with Gasteiger partial charge in [-0.25, -0.2) is 9.59 Å². The molecule has 2 aromatic rings. The minimum absolute atomic E-state index is 0.118. The third-order valence-electron chi connectivity index (χ3n) is 6.40. The number of amides is 2. The van der Waals surface area contributed by atoms with Crippen molar-refractivity contribution in [3.8, 4) is 5.75 Å². The largest absolute Gasteiger partial charge is 0.490 e. The number of carbonyl (C=O) groups is 2. The lowest BCUT2D eigenvalue weighted by Gasteiger charge is -2.37. The van der Waals surface area contributed by atoms with Crippen molar-refractivity contribution in [2.24, 2.45) is 0 Å². The fourth-order valence-corrected chi connectivity index (χ4v) is 4.71. The van der Waals surface area contributed by atoms with Crippen LogP contribution in [0.3, 0.4) is 0 Å². The molecule has 0 spiro atoms. The third-order valence-corrected chi connectivity index (χ3v) is 6.79. The Morgan fingerprint density at radius 1 is 0.952 bits per heavy atom. The number of nitrogens with zero attached hydrogens (tertiary/aromatic N) is 4. The molecular formula is C30H41ClN4O7. The highest BCUT2D eigenvalue weighted by Crippen LogP contribution is 2.29. The van der Waals surface area contributed by atoms with E-state index in [2.05, 4.69) is 4.90 Å². The van der Waals surface area contributed by atoms with Crippen LogP contribution in [0.2, 0.25) is 0 Å². The summed E-state index contributed by atoms with van der Waals surface area (Å²) in [6.07, 6.45) is -0.656. The van der Waals surface area contributed by atoms with Gasteiger partial charge in [0.15, 0.2) is 5.75 Å². The number of alkyl halides is 1. The molecule has 0 aliphatic carbocycles. The highest BCUT2D eigenvalue weighted by atomic mass is 35.5. The van der Waals surface area contributed by atoms with E-state index in [0.717, 1.165) is 11.3 Å². The summed E-state index contributed by atoms with van der Waals surface area (Å²) >= 11 is 6.78. The number of ether oxygens (including phenoxy) is 3. The molecule has 0 N–H and O–H groups in total. The van der Waals surface area contributed by atoms with Gasteiger partial charge in [0.1, 0.15) is 16.7 Å². The predicted octanol–water partition coefficient (Wildman–Crippen LogP) is 6.21. The molecule has 1 atom stereocenters. The van der Waals surface area contributed by atoms with Gasteiger partial charge in [-0.2, -0.15) is 0 Å². The van der Waals surface area contributed by atoms with Gasteiger partial charge in [-0.3, -0.25) is 15.0 Å². The molecule has 2 amide bonds. The first-order valence-electron chi connectivity index (χ1n) is 13.8. The number of anilines is 1. The molecule has 1 fully saturated rings. The van der Waals surface area contributed by atoms with E-state index in [-0.39, 0.29) is 30.5 Å². The molecule has 0 bridgehead atoms. The van der Waals surface area contributed by atoms with Crippen molar-refractivity contribution in [3.05, 3.63) is 63.7 Å². The molecule has 1 unspecified atom stereocenters. The van der Waals surface area contributed by atoms with Crippen LogP contribution in [-0.4, -0.2) is 76.9 Å². The maximum atomic E-state index is 13.2. The Hall–Kier alpha value is -3.73. The maximum absolute atomic E-state index is 13.2. The first-order chi connectivity index (χ1) is 19.6. The van der Waals surface area contributed by atoms with Crippen LogP contribution < -0.4 is 9.64 Å². The maximum Gasteiger partial charge on any atom is 0.411 e. The summed E-state index contributed by atoms with van der Waals surface area (Å²) in [5.74, 6) is 0.118. The number of hydrogen-bond acceptors (Lipinski definition) is 8. The van der Waals surface area contributed by atoms with Crippen molar-refractivity contribution in [3.63, 3.8) is 0 Å². The van der Waals surface area contributed by atoms with E-state index in [1.807, 2.05) is 45.0 Å². The fourth-order valence-electron chi connectivity index (χ4n) is 4.39. The SMILES string of the molecule is COc1cc(CC(Cl)N(Cc2ccc(N3CCN(C(=O)OC(C)(C)C)CC3)cc2)C(=O)OC(C)(C)C)ccc1[N+](=O)[O-]. The zero-order valence-electron chi connectivity index (χ0n) is 25.4. The molecule has 1 aliphatic rings. The molecule has 0 radical (unpaired) electrons. The van der Waals surface area contributed by atoms with E-state index in [0.29, 0.717) is 31.7 Å². The van der Waals surface area contributed by atoms with E-state index < -0.39 is 27.7 Å². The summed E-state index contributed by atoms with van der Waals surface area (Å²) in [4.78, 5) is 41.7. The molecule has 42 heavy (non-hydrogen) atoms. The molecule has 230 valence electrons. The van der Waals surface area contributed by atoms with Crippen molar-refractivity contribution in [2.45, 2.75) is 71.2 Å². The second kappa shape index (κ2) is 13.5. The number of piperazine rings is 1. The van der Waals surface area contributed by atoms with Crippen molar-refractivity contribution in [2.75, 3.05) is 38.2 Å². The van der Waals surface area contributed by atoms with Crippen LogP contribution in [0.5, 0.6) is 5.75 Å². The molecule has 2 aromatic carbocycles. The van der Waals surface area contributed by atoms with Gasteiger partial charge in [-0.05, 0) is 70.9 Å². The molecule has 11 nitrogen and oxygen atoms in total.